The molecule has 2 aromatic rings. The van der Waals surface area contributed by atoms with Crippen LogP contribution in [-0.2, 0) is 6.42 Å². The van der Waals surface area contributed by atoms with E-state index in [1.54, 1.807) is 12.4 Å². The van der Waals surface area contributed by atoms with Crippen LogP contribution in [0.25, 0.3) is 0 Å². The van der Waals surface area contributed by atoms with Crippen LogP contribution < -0.4 is 5.73 Å². The van der Waals surface area contributed by atoms with E-state index >= 15 is 0 Å². The molecule has 1 aromatic heterocycles. The Bertz CT molecular complexity index is 417. The minimum atomic E-state index is 0. The third-order valence-electron chi connectivity index (χ3n) is 2.72. The molecule has 1 unspecified atom stereocenters. The van der Waals surface area contributed by atoms with Crippen LogP contribution in [-0.4, -0.2) is 4.98 Å². The molecule has 0 aliphatic heterocycles. The Balaban J connectivity index is 0.00000144. The van der Waals surface area contributed by atoms with Crippen LogP contribution >= 0.6 is 12.4 Å². The molecule has 17 heavy (non-hydrogen) atoms. The van der Waals surface area contributed by atoms with Crippen molar-refractivity contribution in [1.29, 1.82) is 0 Å². The lowest BCUT2D eigenvalue weighted by Crippen LogP contribution is -2.11. The highest BCUT2D eigenvalue weighted by atomic mass is 35.5. The molecule has 0 amide bonds. The van der Waals surface area contributed by atoms with Gasteiger partial charge >= 0.3 is 0 Å². The van der Waals surface area contributed by atoms with Gasteiger partial charge in [-0.05, 0) is 36.1 Å². The first-order chi connectivity index (χ1) is 7.86. The molecule has 0 aliphatic carbocycles. The van der Waals surface area contributed by atoms with Gasteiger partial charge in [0.2, 0.25) is 0 Å². The lowest BCUT2D eigenvalue weighted by atomic mass is 10.0. The van der Waals surface area contributed by atoms with E-state index in [0.717, 1.165) is 18.4 Å². The van der Waals surface area contributed by atoms with Crippen molar-refractivity contribution >= 4 is 12.4 Å². The first kappa shape index (κ1) is 13.7. The molecule has 90 valence electrons. The van der Waals surface area contributed by atoms with Gasteiger partial charge in [-0.15, -0.1) is 12.4 Å². The topological polar surface area (TPSA) is 38.9 Å². The molecule has 2 nitrogen and oxygen atoms in total. The first-order valence-electron chi connectivity index (χ1n) is 5.55. The Labute approximate surface area is 108 Å². The molecule has 0 radical (unpaired) electrons. The number of nitrogens with two attached hydrogens (primary N) is 1. The normalized spacial score (nSPS) is 11.6. The van der Waals surface area contributed by atoms with Crippen LogP contribution in [0.2, 0.25) is 0 Å². The second-order valence-corrected chi connectivity index (χ2v) is 3.91. The number of aryl methyl sites for hydroxylation is 1. The number of hydrogen-bond donors (Lipinski definition) is 1. The third kappa shape index (κ3) is 4.17. The summed E-state index contributed by atoms with van der Waals surface area (Å²) in [5.41, 5.74) is 8.61. The Morgan fingerprint density at radius 1 is 1.00 bits per heavy atom. The smallest absolute Gasteiger partial charge is 0.0299 e. The van der Waals surface area contributed by atoms with E-state index in [1.165, 1.54) is 5.56 Å². The number of rotatable bonds is 4. The minimum absolute atomic E-state index is 0. The number of hydrogen-bond acceptors (Lipinski definition) is 2. The number of halogens is 1. The number of benzene rings is 1. The molecule has 3 heteroatoms. The van der Waals surface area contributed by atoms with Gasteiger partial charge in [0, 0.05) is 18.4 Å². The molecule has 0 saturated heterocycles. The quantitative estimate of drug-likeness (QED) is 0.903. The Hall–Kier alpha value is -1.38. The summed E-state index contributed by atoms with van der Waals surface area (Å²) < 4.78 is 0. The average Bonchev–Trinajstić information content (AvgIpc) is 2.38. The second kappa shape index (κ2) is 7.05. The summed E-state index contributed by atoms with van der Waals surface area (Å²) in [5.74, 6) is 0. The molecule has 0 spiro atoms. The molecular formula is C14H17ClN2. The molecule has 0 saturated carbocycles. The van der Waals surface area contributed by atoms with Crippen molar-refractivity contribution in [2.75, 3.05) is 0 Å². The van der Waals surface area contributed by atoms with Gasteiger partial charge in [0.1, 0.15) is 0 Å². The molecule has 2 rings (SSSR count). The van der Waals surface area contributed by atoms with Crippen LogP contribution in [0.3, 0.4) is 0 Å². The lowest BCUT2D eigenvalue weighted by Gasteiger charge is -2.11. The summed E-state index contributed by atoms with van der Waals surface area (Å²) in [4.78, 5) is 3.99. The zero-order valence-electron chi connectivity index (χ0n) is 9.62. The third-order valence-corrected chi connectivity index (χ3v) is 2.72. The van der Waals surface area contributed by atoms with E-state index in [-0.39, 0.29) is 18.4 Å². The van der Waals surface area contributed by atoms with Crippen molar-refractivity contribution in [1.82, 2.24) is 4.98 Å². The zero-order valence-corrected chi connectivity index (χ0v) is 10.4. The molecular weight excluding hydrogens is 232 g/mol. The molecule has 2 N–H and O–H groups in total. The molecule has 1 heterocycles. The van der Waals surface area contributed by atoms with Crippen LogP contribution in [0.5, 0.6) is 0 Å². The lowest BCUT2D eigenvalue weighted by molar-refractivity contribution is 0.650. The van der Waals surface area contributed by atoms with Gasteiger partial charge in [0.05, 0.1) is 0 Å². The van der Waals surface area contributed by atoms with Crippen molar-refractivity contribution in [3.8, 4) is 0 Å². The van der Waals surface area contributed by atoms with Gasteiger partial charge in [0.15, 0.2) is 0 Å². The van der Waals surface area contributed by atoms with Gasteiger partial charge < -0.3 is 5.73 Å². The van der Waals surface area contributed by atoms with Crippen molar-refractivity contribution in [3.63, 3.8) is 0 Å². The summed E-state index contributed by atoms with van der Waals surface area (Å²) in [6.45, 7) is 0. The van der Waals surface area contributed by atoms with E-state index in [9.17, 15) is 0 Å². The van der Waals surface area contributed by atoms with Gasteiger partial charge in [0.25, 0.3) is 0 Å². The molecule has 1 aromatic carbocycles. The summed E-state index contributed by atoms with van der Waals surface area (Å²) in [5, 5.41) is 0. The van der Waals surface area contributed by atoms with Gasteiger partial charge in [-0.3, -0.25) is 4.98 Å². The highest BCUT2D eigenvalue weighted by Crippen LogP contribution is 2.15. The zero-order chi connectivity index (χ0) is 11.2. The second-order valence-electron chi connectivity index (χ2n) is 3.91. The van der Waals surface area contributed by atoms with Crippen LogP contribution in [0.1, 0.15) is 23.6 Å². The predicted molar refractivity (Wildman–Crippen MR) is 73.2 cm³/mol. The molecule has 0 bridgehead atoms. The fraction of sp³-hybridized carbons (Fsp3) is 0.214. The Kier molecular flexibility index (Phi) is 5.67. The fourth-order valence-electron chi connectivity index (χ4n) is 1.74. The highest BCUT2D eigenvalue weighted by molar-refractivity contribution is 5.85. The maximum atomic E-state index is 6.12. The van der Waals surface area contributed by atoms with E-state index in [0.29, 0.717) is 0 Å². The largest absolute Gasteiger partial charge is 0.324 e. The van der Waals surface area contributed by atoms with Gasteiger partial charge in [-0.2, -0.15) is 0 Å². The fourth-order valence-corrected chi connectivity index (χ4v) is 1.74. The molecule has 0 aliphatic rings. The molecule has 1 atom stereocenters. The van der Waals surface area contributed by atoms with E-state index < -0.39 is 0 Å². The maximum Gasteiger partial charge on any atom is 0.0299 e. The number of pyridine rings is 1. The SMILES string of the molecule is Cl.NC(CCc1ccccc1)c1ccncc1. The highest BCUT2D eigenvalue weighted by Gasteiger charge is 2.05. The summed E-state index contributed by atoms with van der Waals surface area (Å²) >= 11 is 0. The summed E-state index contributed by atoms with van der Waals surface area (Å²) in [6, 6.07) is 14.5. The van der Waals surface area contributed by atoms with Crippen molar-refractivity contribution in [3.05, 3.63) is 66.0 Å². The van der Waals surface area contributed by atoms with Crippen LogP contribution in [0.15, 0.2) is 54.9 Å². The first-order valence-corrected chi connectivity index (χ1v) is 5.55. The van der Waals surface area contributed by atoms with Gasteiger partial charge in [-0.25, -0.2) is 0 Å². The maximum absolute atomic E-state index is 6.12. The summed E-state index contributed by atoms with van der Waals surface area (Å²) in [6.07, 6.45) is 5.56. The standard InChI is InChI=1S/C14H16N2.ClH/c15-14(13-8-10-16-11-9-13)7-6-12-4-2-1-3-5-12;/h1-5,8-11,14H,6-7,15H2;1H. The van der Waals surface area contributed by atoms with Gasteiger partial charge in [-0.1, -0.05) is 30.3 Å². The van der Waals surface area contributed by atoms with Crippen molar-refractivity contribution < 1.29 is 0 Å². The predicted octanol–water partition coefficient (Wildman–Crippen LogP) is 3.14. The Morgan fingerprint density at radius 2 is 1.65 bits per heavy atom. The van der Waals surface area contributed by atoms with Crippen LogP contribution in [0.4, 0.5) is 0 Å². The summed E-state index contributed by atoms with van der Waals surface area (Å²) in [7, 11) is 0. The minimum Gasteiger partial charge on any atom is -0.324 e. The van der Waals surface area contributed by atoms with E-state index in [2.05, 4.69) is 29.2 Å². The van der Waals surface area contributed by atoms with Crippen molar-refractivity contribution in [2.24, 2.45) is 5.73 Å². The Morgan fingerprint density at radius 3 is 2.29 bits per heavy atom. The average molecular weight is 249 g/mol. The van der Waals surface area contributed by atoms with E-state index in [4.69, 9.17) is 5.73 Å². The number of nitrogens with zero attached hydrogens (tertiary/aromatic N) is 1. The van der Waals surface area contributed by atoms with Crippen LogP contribution in [0, 0.1) is 0 Å². The van der Waals surface area contributed by atoms with Crippen molar-refractivity contribution in [2.45, 2.75) is 18.9 Å². The monoisotopic (exact) mass is 248 g/mol. The molecule has 0 fully saturated rings. The number of aromatic nitrogens is 1. The van der Waals surface area contributed by atoms with E-state index in [1.807, 2.05) is 18.2 Å².